The number of nitriles is 2. The summed E-state index contributed by atoms with van der Waals surface area (Å²) in [4.78, 5) is 25.1. The van der Waals surface area contributed by atoms with Crippen LogP contribution in [0.2, 0.25) is 0 Å². The molecule has 0 unspecified atom stereocenters. The van der Waals surface area contributed by atoms with Gasteiger partial charge >= 0.3 is 0 Å². The summed E-state index contributed by atoms with van der Waals surface area (Å²) in [6.07, 6.45) is 8.19. The third-order valence-corrected chi connectivity index (χ3v) is 6.35. The fraction of sp³-hybridized carbons (Fsp3) is 0.429. The van der Waals surface area contributed by atoms with Crippen LogP contribution in [0.1, 0.15) is 33.6 Å². The van der Waals surface area contributed by atoms with Gasteiger partial charge in [-0.05, 0) is 36.5 Å². The van der Waals surface area contributed by atoms with Gasteiger partial charge in [0.2, 0.25) is 0 Å². The van der Waals surface area contributed by atoms with Crippen LogP contribution >= 0.6 is 0 Å². The first kappa shape index (κ1) is 17.1. The lowest BCUT2D eigenvalue weighted by molar-refractivity contribution is -0.130. The molecule has 25 heavy (non-hydrogen) atoms. The second-order valence-corrected chi connectivity index (χ2v) is 7.93. The van der Waals surface area contributed by atoms with Crippen molar-refractivity contribution in [2.45, 2.75) is 33.6 Å². The van der Waals surface area contributed by atoms with Crippen LogP contribution in [0, 0.1) is 44.8 Å². The molecule has 126 valence electrons. The molecule has 3 rings (SSSR count). The number of rotatable bonds is 1. The number of carbonyl (C=O) groups excluding carboxylic acids is 2. The molecule has 0 heterocycles. The summed E-state index contributed by atoms with van der Waals surface area (Å²) in [5.74, 6) is -0.480. The minimum atomic E-state index is -0.689. The molecule has 3 aliphatic rings. The van der Waals surface area contributed by atoms with Gasteiger partial charge in [-0.1, -0.05) is 32.9 Å². The molecule has 0 aliphatic heterocycles. The SMILES string of the molecule is C=C[C@]12C=C(C#N)C(=O)C=C1[C@@]1(C)C=C(C#N)C(=O)C(C)(C)[C@@H]1CC2. The first-order valence-corrected chi connectivity index (χ1v) is 8.37. The predicted octanol–water partition coefficient (Wildman–Crippen LogP) is 3.59. The largest absolute Gasteiger partial charge is 0.293 e. The smallest absolute Gasteiger partial charge is 0.196 e. The van der Waals surface area contributed by atoms with Crippen LogP contribution in [0.25, 0.3) is 0 Å². The molecule has 0 amide bonds. The summed E-state index contributed by atoms with van der Waals surface area (Å²) in [5.41, 5.74) is -0.776. The van der Waals surface area contributed by atoms with Crippen molar-refractivity contribution in [1.82, 2.24) is 0 Å². The molecule has 1 fully saturated rings. The summed E-state index contributed by atoms with van der Waals surface area (Å²) in [6, 6.07) is 4.00. The molecule has 0 radical (unpaired) electrons. The van der Waals surface area contributed by atoms with E-state index in [-0.39, 0.29) is 28.6 Å². The van der Waals surface area contributed by atoms with E-state index in [0.29, 0.717) is 6.42 Å². The lowest BCUT2D eigenvalue weighted by Gasteiger charge is -2.57. The van der Waals surface area contributed by atoms with Crippen LogP contribution < -0.4 is 0 Å². The zero-order valence-corrected chi connectivity index (χ0v) is 14.7. The first-order valence-electron chi connectivity index (χ1n) is 8.37. The average Bonchev–Trinajstić information content (AvgIpc) is 2.58. The molecule has 0 N–H and O–H groups in total. The molecule has 0 aromatic carbocycles. The Bertz CT molecular complexity index is 888. The van der Waals surface area contributed by atoms with E-state index in [2.05, 4.69) is 6.58 Å². The second kappa shape index (κ2) is 5.14. The lowest BCUT2D eigenvalue weighted by atomic mass is 9.45. The third-order valence-electron chi connectivity index (χ3n) is 6.35. The van der Waals surface area contributed by atoms with Gasteiger partial charge in [-0.25, -0.2) is 0 Å². The molecular formula is C21H20N2O2. The summed E-state index contributed by atoms with van der Waals surface area (Å²) in [6.45, 7) is 9.71. The number of nitrogens with zero attached hydrogens (tertiary/aromatic N) is 2. The van der Waals surface area contributed by atoms with Crippen LogP contribution in [0.15, 0.2) is 47.6 Å². The van der Waals surface area contributed by atoms with Crippen molar-refractivity contribution in [3.05, 3.63) is 47.6 Å². The van der Waals surface area contributed by atoms with E-state index in [0.717, 1.165) is 12.0 Å². The zero-order chi connectivity index (χ0) is 18.6. The molecule has 0 aromatic heterocycles. The minimum Gasteiger partial charge on any atom is -0.293 e. The van der Waals surface area contributed by atoms with Gasteiger partial charge in [0, 0.05) is 16.2 Å². The Labute approximate surface area is 147 Å². The number of Topliss-reactive ketones (excluding diaryl/α,β-unsaturated/α-hetero) is 1. The maximum absolute atomic E-state index is 12.7. The van der Waals surface area contributed by atoms with Crippen molar-refractivity contribution in [3.8, 4) is 12.1 Å². The standard InChI is InChI=1S/C21H20N2O2/c1-5-21-7-6-16-19(2,3)18(25)14(12-23)9-20(16,4)17(21)8-15(24)13(10-21)11-22/h5,8-10,16H,1,6-7H2,2-4H3/t16-,20-,21-/m0/s1. The Morgan fingerprint density at radius 1 is 1.16 bits per heavy atom. The third kappa shape index (κ3) is 2.04. The van der Waals surface area contributed by atoms with Crippen molar-refractivity contribution in [2.24, 2.45) is 22.2 Å². The molecule has 1 saturated carbocycles. The highest BCUT2D eigenvalue weighted by Crippen LogP contribution is 2.63. The Morgan fingerprint density at radius 2 is 1.80 bits per heavy atom. The first-order chi connectivity index (χ1) is 11.7. The van der Waals surface area contributed by atoms with Crippen LogP contribution in [-0.4, -0.2) is 11.6 Å². The molecule has 4 heteroatoms. The number of ketones is 2. The fourth-order valence-corrected chi connectivity index (χ4v) is 5.09. The normalized spacial score (nSPS) is 35.9. The topological polar surface area (TPSA) is 81.7 Å². The number of allylic oxidation sites excluding steroid dienone is 7. The van der Waals surface area contributed by atoms with Crippen LogP contribution in [0.5, 0.6) is 0 Å². The van der Waals surface area contributed by atoms with Gasteiger partial charge in [-0.15, -0.1) is 6.58 Å². The van der Waals surface area contributed by atoms with Gasteiger partial charge in [-0.2, -0.15) is 10.5 Å². The molecule has 3 aliphatic carbocycles. The van der Waals surface area contributed by atoms with Crippen LogP contribution in [0.3, 0.4) is 0 Å². The highest BCUT2D eigenvalue weighted by Gasteiger charge is 2.59. The van der Waals surface area contributed by atoms with E-state index < -0.39 is 16.2 Å². The van der Waals surface area contributed by atoms with E-state index in [1.165, 1.54) is 6.08 Å². The number of carbonyl (C=O) groups is 2. The Hall–Kier alpha value is -2.72. The molecule has 0 spiro atoms. The molecule has 0 aromatic rings. The minimum absolute atomic E-state index is 0.0197. The monoisotopic (exact) mass is 332 g/mol. The van der Waals surface area contributed by atoms with Gasteiger partial charge in [0.05, 0.1) is 11.1 Å². The Morgan fingerprint density at radius 3 is 2.36 bits per heavy atom. The maximum Gasteiger partial charge on any atom is 0.196 e. The average molecular weight is 332 g/mol. The summed E-state index contributed by atoms with van der Waals surface area (Å²) >= 11 is 0. The Balaban J connectivity index is 2.30. The summed E-state index contributed by atoms with van der Waals surface area (Å²) in [5, 5.41) is 18.7. The van der Waals surface area contributed by atoms with E-state index in [1.54, 1.807) is 18.2 Å². The molecule has 4 nitrogen and oxygen atoms in total. The van der Waals surface area contributed by atoms with Gasteiger partial charge in [0.25, 0.3) is 0 Å². The van der Waals surface area contributed by atoms with Gasteiger partial charge < -0.3 is 0 Å². The molecular weight excluding hydrogens is 312 g/mol. The highest BCUT2D eigenvalue weighted by molar-refractivity contribution is 6.09. The lowest BCUT2D eigenvalue weighted by Crippen LogP contribution is -2.53. The highest BCUT2D eigenvalue weighted by atomic mass is 16.1. The van der Waals surface area contributed by atoms with Gasteiger partial charge in [0.15, 0.2) is 11.6 Å². The fourth-order valence-electron chi connectivity index (χ4n) is 5.09. The van der Waals surface area contributed by atoms with Crippen molar-refractivity contribution in [2.75, 3.05) is 0 Å². The van der Waals surface area contributed by atoms with Crippen molar-refractivity contribution < 1.29 is 9.59 Å². The maximum atomic E-state index is 12.7. The van der Waals surface area contributed by atoms with E-state index >= 15 is 0 Å². The van der Waals surface area contributed by atoms with Crippen molar-refractivity contribution >= 4 is 11.6 Å². The number of hydrogen-bond acceptors (Lipinski definition) is 4. The molecule has 0 bridgehead atoms. The van der Waals surface area contributed by atoms with Gasteiger partial charge in [0.1, 0.15) is 12.1 Å². The Kier molecular flexibility index (Phi) is 3.52. The molecule has 0 saturated heterocycles. The van der Waals surface area contributed by atoms with Crippen LogP contribution in [-0.2, 0) is 9.59 Å². The quantitative estimate of drug-likeness (QED) is 0.687. The summed E-state index contributed by atoms with van der Waals surface area (Å²) in [7, 11) is 0. The summed E-state index contributed by atoms with van der Waals surface area (Å²) < 4.78 is 0. The zero-order valence-electron chi connectivity index (χ0n) is 14.7. The van der Waals surface area contributed by atoms with Crippen LogP contribution in [0.4, 0.5) is 0 Å². The van der Waals surface area contributed by atoms with E-state index in [9.17, 15) is 20.1 Å². The van der Waals surface area contributed by atoms with Gasteiger partial charge in [-0.3, -0.25) is 9.59 Å². The number of hydrogen-bond donors (Lipinski definition) is 0. The van der Waals surface area contributed by atoms with E-state index in [4.69, 9.17) is 0 Å². The van der Waals surface area contributed by atoms with Crippen molar-refractivity contribution in [3.63, 3.8) is 0 Å². The van der Waals surface area contributed by atoms with E-state index in [1.807, 2.05) is 32.9 Å². The van der Waals surface area contributed by atoms with Crippen molar-refractivity contribution in [1.29, 1.82) is 10.5 Å². The molecule has 3 atom stereocenters. The predicted molar refractivity (Wildman–Crippen MR) is 92.7 cm³/mol. The number of fused-ring (bicyclic) bond motifs is 3. The second-order valence-electron chi connectivity index (χ2n) is 7.93.